The molecule has 2 aliphatic heterocycles. The topological polar surface area (TPSA) is 40.6 Å². The number of para-hydroxylation sites is 1. The minimum atomic E-state index is 0.0848. The Morgan fingerprint density at radius 3 is 2.19 bits per heavy atom. The summed E-state index contributed by atoms with van der Waals surface area (Å²) in [6, 6.07) is 8.31. The van der Waals surface area contributed by atoms with Gasteiger partial charge in [0.1, 0.15) is 0 Å². The van der Waals surface area contributed by atoms with Gasteiger partial charge in [-0.2, -0.15) is 0 Å². The molecule has 1 saturated heterocycles. The number of nitrogens with zero attached hydrogens (tertiary/aromatic N) is 2. The van der Waals surface area contributed by atoms with Gasteiger partial charge in [-0.25, -0.2) is 0 Å². The molecule has 4 rings (SSSR count). The average molecular weight is 369 g/mol. The van der Waals surface area contributed by atoms with Crippen molar-refractivity contribution < 1.29 is 9.59 Å². The van der Waals surface area contributed by atoms with Gasteiger partial charge in [-0.3, -0.25) is 9.59 Å². The van der Waals surface area contributed by atoms with Crippen molar-refractivity contribution in [2.45, 2.75) is 58.3 Å². The van der Waals surface area contributed by atoms with Crippen molar-refractivity contribution in [3.63, 3.8) is 0 Å². The molecule has 0 atom stereocenters. The summed E-state index contributed by atoms with van der Waals surface area (Å²) >= 11 is 0. The first-order valence-electron chi connectivity index (χ1n) is 10.8. The summed E-state index contributed by atoms with van der Waals surface area (Å²) in [5.41, 5.74) is 2.40. The van der Waals surface area contributed by atoms with Gasteiger partial charge in [-0.15, -0.1) is 0 Å². The lowest BCUT2D eigenvalue weighted by Crippen LogP contribution is -2.44. The fraction of sp³-hybridized carbons (Fsp3) is 0.652. The first-order valence-corrected chi connectivity index (χ1v) is 10.8. The zero-order chi connectivity index (χ0) is 18.8. The van der Waals surface area contributed by atoms with Crippen LogP contribution in [0, 0.1) is 17.8 Å². The molecule has 2 amide bonds. The van der Waals surface area contributed by atoms with Crippen molar-refractivity contribution in [3.8, 4) is 0 Å². The predicted molar refractivity (Wildman–Crippen MR) is 108 cm³/mol. The van der Waals surface area contributed by atoms with Crippen molar-refractivity contribution in [2.24, 2.45) is 17.8 Å². The lowest BCUT2D eigenvalue weighted by molar-refractivity contribution is -0.139. The standard InChI is InChI=1S/C23H32N2O2/c1-17-12-15-24(16-13-17)22(26)19-8-10-20(11-9-19)23(27)25-14-4-6-18-5-2-3-7-21(18)25/h2-3,5,7,17,19-20H,4,6,8-16H2,1H3. The fourth-order valence-corrected chi connectivity index (χ4v) is 5.06. The lowest BCUT2D eigenvalue weighted by atomic mass is 9.80. The van der Waals surface area contributed by atoms with E-state index in [9.17, 15) is 9.59 Å². The largest absolute Gasteiger partial charge is 0.342 e. The van der Waals surface area contributed by atoms with Crippen LogP contribution in [0.2, 0.25) is 0 Å². The maximum absolute atomic E-state index is 13.2. The number of anilines is 1. The van der Waals surface area contributed by atoms with Gasteiger partial charge in [0.25, 0.3) is 0 Å². The third kappa shape index (κ3) is 3.90. The number of benzene rings is 1. The van der Waals surface area contributed by atoms with Gasteiger partial charge in [0.15, 0.2) is 0 Å². The number of amides is 2. The van der Waals surface area contributed by atoms with Gasteiger partial charge in [-0.05, 0) is 68.9 Å². The summed E-state index contributed by atoms with van der Waals surface area (Å²) in [6.45, 7) is 4.95. The Kier molecular flexibility index (Phi) is 5.51. The van der Waals surface area contributed by atoms with Crippen LogP contribution in [0.3, 0.4) is 0 Å². The maximum Gasteiger partial charge on any atom is 0.230 e. The van der Waals surface area contributed by atoms with Crippen molar-refractivity contribution in [2.75, 3.05) is 24.5 Å². The van der Waals surface area contributed by atoms with Crippen LogP contribution in [-0.2, 0) is 16.0 Å². The molecule has 3 aliphatic rings. The molecule has 27 heavy (non-hydrogen) atoms. The summed E-state index contributed by atoms with van der Waals surface area (Å²) in [7, 11) is 0. The van der Waals surface area contributed by atoms with E-state index in [-0.39, 0.29) is 17.7 Å². The Balaban J connectivity index is 1.34. The Hall–Kier alpha value is -1.84. The van der Waals surface area contributed by atoms with E-state index in [4.69, 9.17) is 0 Å². The van der Waals surface area contributed by atoms with Gasteiger partial charge in [0.2, 0.25) is 11.8 Å². The molecule has 0 unspecified atom stereocenters. The molecule has 1 aromatic rings. The Morgan fingerprint density at radius 1 is 0.852 bits per heavy atom. The first kappa shape index (κ1) is 18.5. The number of hydrogen-bond acceptors (Lipinski definition) is 2. The second kappa shape index (κ2) is 8.04. The van der Waals surface area contributed by atoms with E-state index >= 15 is 0 Å². The van der Waals surface area contributed by atoms with E-state index in [1.54, 1.807) is 0 Å². The fourth-order valence-electron chi connectivity index (χ4n) is 5.06. The summed E-state index contributed by atoms with van der Waals surface area (Å²) in [5.74, 6) is 1.59. The molecule has 0 spiro atoms. The van der Waals surface area contributed by atoms with E-state index < -0.39 is 0 Å². The molecule has 2 fully saturated rings. The van der Waals surface area contributed by atoms with Crippen molar-refractivity contribution >= 4 is 17.5 Å². The molecule has 1 aliphatic carbocycles. The highest BCUT2D eigenvalue weighted by molar-refractivity contribution is 5.96. The predicted octanol–water partition coefficient (Wildman–Crippen LogP) is 4.03. The van der Waals surface area contributed by atoms with Crippen molar-refractivity contribution in [1.29, 1.82) is 0 Å². The number of fused-ring (bicyclic) bond motifs is 1. The molecule has 4 heteroatoms. The van der Waals surface area contributed by atoms with Crippen LogP contribution in [0.5, 0.6) is 0 Å². The van der Waals surface area contributed by atoms with Gasteiger partial charge >= 0.3 is 0 Å². The third-order valence-electron chi connectivity index (χ3n) is 6.90. The minimum absolute atomic E-state index is 0.0848. The van der Waals surface area contributed by atoms with Gasteiger partial charge in [0, 0.05) is 37.2 Å². The number of hydrogen-bond donors (Lipinski definition) is 0. The molecular formula is C23H32N2O2. The number of rotatable bonds is 2. The van der Waals surface area contributed by atoms with Crippen LogP contribution >= 0.6 is 0 Å². The lowest BCUT2D eigenvalue weighted by Gasteiger charge is -2.37. The van der Waals surface area contributed by atoms with E-state index in [0.29, 0.717) is 5.91 Å². The number of piperidine rings is 1. The highest BCUT2D eigenvalue weighted by atomic mass is 16.2. The zero-order valence-corrected chi connectivity index (χ0v) is 16.5. The number of carbonyl (C=O) groups is 2. The van der Waals surface area contributed by atoms with E-state index in [1.807, 2.05) is 11.0 Å². The molecule has 1 saturated carbocycles. The first-order chi connectivity index (χ1) is 13.1. The number of carbonyl (C=O) groups excluding carboxylic acids is 2. The van der Waals surface area contributed by atoms with Gasteiger partial charge < -0.3 is 9.80 Å². The van der Waals surface area contributed by atoms with Crippen molar-refractivity contribution in [1.82, 2.24) is 4.90 Å². The smallest absolute Gasteiger partial charge is 0.230 e. The van der Waals surface area contributed by atoms with E-state index in [1.165, 1.54) is 5.56 Å². The number of likely N-dealkylation sites (tertiary alicyclic amines) is 1. The summed E-state index contributed by atoms with van der Waals surface area (Å²) in [4.78, 5) is 30.1. The molecule has 0 bridgehead atoms. The third-order valence-corrected chi connectivity index (χ3v) is 6.90. The second-order valence-electron chi connectivity index (χ2n) is 8.78. The van der Waals surface area contributed by atoms with Crippen LogP contribution in [0.4, 0.5) is 5.69 Å². The Bertz CT molecular complexity index is 685. The normalized spacial score (nSPS) is 26.6. The quantitative estimate of drug-likeness (QED) is 0.791. The summed E-state index contributed by atoms with van der Waals surface area (Å²) < 4.78 is 0. The molecule has 0 N–H and O–H groups in total. The van der Waals surface area contributed by atoms with Crippen LogP contribution in [-0.4, -0.2) is 36.3 Å². The molecule has 2 heterocycles. The summed E-state index contributed by atoms with van der Waals surface area (Å²) in [6.07, 6.45) is 7.84. The average Bonchev–Trinajstić information content (AvgIpc) is 2.73. The monoisotopic (exact) mass is 368 g/mol. The van der Waals surface area contributed by atoms with Crippen molar-refractivity contribution in [3.05, 3.63) is 29.8 Å². The molecular weight excluding hydrogens is 336 g/mol. The van der Waals surface area contributed by atoms with Crippen LogP contribution in [0.15, 0.2) is 24.3 Å². The highest BCUT2D eigenvalue weighted by Gasteiger charge is 2.35. The maximum atomic E-state index is 13.2. The van der Waals surface area contributed by atoms with Gasteiger partial charge in [0.05, 0.1) is 0 Å². The molecule has 0 aromatic heterocycles. The zero-order valence-electron chi connectivity index (χ0n) is 16.5. The molecule has 1 aromatic carbocycles. The highest BCUT2D eigenvalue weighted by Crippen LogP contribution is 2.35. The summed E-state index contributed by atoms with van der Waals surface area (Å²) in [5, 5.41) is 0. The Labute approximate surface area is 162 Å². The molecule has 0 radical (unpaired) electrons. The molecule has 146 valence electrons. The second-order valence-corrected chi connectivity index (χ2v) is 8.78. The SMILES string of the molecule is CC1CCN(C(=O)C2CCC(C(=O)N3CCCc4ccccc43)CC2)CC1. The van der Waals surface area contributed by atoms with Crippen LogP contribution < -0.4 is 4.90 Å². The Morgan fingerprint density at radius 2 is 1.48 bits per heavy atom. The minimum Gasteiger partial charge on any atom is -0.342 e. The van der Waals surface area contributed by atoms with Crippen LogP contribution in [0.25, 0.3) is 0 Å². The van der Waals surface area contributed by atoms with Crippen LogP contribution in [0.1, 0.15) is 57.4 Å². The van der Waals surface area contributed by atoms with E-state index in [2.05, 4.69) is 30.0 Å². The molecule has 4 nitrogen and oxygen atoms in total. The number of aryl methyl sites for hydroxylation is 1. The van der Waals surface area contributed by atoms with Gasteiger partial charge in [-0.1, -0.05) is 25.1 Å². The van der Waals surface area contributed by atoms with E-state index in [0.717, 1.165) is 82.6 Å².